The molecule has 120 valence electrons. The summed E-state index contributed by atoms with van der Waals surface area (Å²) < 4.78 is 2.12. The molecule has 0 saturated heterocycles. The lowest BCUT2D eigenvalue weighted by Crippen LogP contribution is -2.32. The monoisotopic (exact) mass is 312 g/mol. The minimum Gasteiger partial charge on any atom is -0.361 e. The van der Waals surface area contributed by atoms with Gasteiger partial charge < -0.3 is 10.3 Å². The molecule has 0 bridgehead atoms. The Morgan fingerprint density at radius 1 is 1.09 bits per heavy atom. The molecule has 0 saturated carbocycles. The number of aromatic nitrogens is 1. The van der Waals surface area contributed by atoms with Crippen LogP contribution < -0.4 is 11.2 Å². The van der Waals surface area contributed by atoms with E-state index in [4.69, 9.17) is 5.73 Å². The number of carbonyl (C=O) groups is 2. The third kappa shape index (κ3) is 3.66. The van der Waals surface area contributed by atoms with Crippen molar-refractivity contribution in [2.45, 2.75) is 27.7 Å². The van der Waals surface area contributed by atoms with Crippen molar-refractivity contribution in [1.82, 2.24) is 9.99 Å². The van der Waals surface area contributed by atoms with Crippen molar-refractivity contribution in [3.05, 3.63) is 52.3 Å². The third-order valence-electron chi connectivity index (χ3n) is 3.53. The number of benzene rings is 1. The van der Waals surface area contributed by atoms with E-state index in [1.807, 2.05) is 19.9 Å². The van der Waals surface area contributed by atoms with Crippen LogP contribution in [0.15, 0.2) is 29.4 Å². The molecule has 6 nitrogen and oxygen atoms in total. The summed E-state index contributed by atoms with van der Waals surface area (Å²) in [6, 6.07) is 8.32. The first-order chi connectivity index (χ1) is 10.8. The van der Waals surface area contributed by atoms with Gasteiger partial charge in [-0.3, -0.25) is 9.59 Å². The lowest BCUT2D eigenvalue weighted by Gasteiger charge is -2.11. The largest absolute Gasteiger partial charge is 0.361 e. The zero-order valence-corrected chi connectivity index (χ0v) is 13.7. The fraction of sp³-hybridized carbons (Fsp3) is 0.235. The van der Waals surface area contributed by atoms with Crippen LogP contribution in [0, 0.1) is 27.7 Å². The van der Waals surface area contributed by atoms with Gasteiger partial charge in [-0.2, -0.15) is 5.10 Å². The summed E-state index contributed by atoms with van der Waals surface area (Å²) in [6.45, 7) is 8.10. The van der Waals surface area contributed by atoms with Gasteiger partial charge in [-0.25, -0.2) is 5.43 Å². The second kappa shape index (κ2) is 6.48. The Morgan fingerprint density at radius 3 is 2.26 bits per heavy atom. The Bertz CT molecular complexity index is 783. The second-order valence-electron chi connectivity index (χ2n) is 5.57. The fourth-order valence-corrected chi connectivity index (χ4v) is 2.61. The number of primary amides is 1. The standard InChI is InChI=1S/C17H20N4O2/c1-10-5-11(2)7-15(6-10)21-12(3)8-14(13(21)4)9-19-20-17(23)16(18)22/h5-9H,1-4H3,(H2,18,22)(H,20,23)/b19-9-. The molecule has 3 N–H and O–H groups in total. The van der Waals surface area contributed by atoms with Crippen molar-refractivity contribution in [3.8, 4) is 5.69 Å². The molecule has 0 aliphatic heterocycles. The van der Waals surface area contributed by atoms with E-state index in [1.54, 1.807) is 0 Å². The van der Waals surface area contributed by atoms with Crippen molar-refractivity contribution >= 4 is 18.0 Å². The highest BCUT2D eigenvalue weighted by atomic mass is 16.2. The molecule has 2 aromatic rings. The number of hydrogen-bond acceptors (Lipinski definition) is 3. The average Bonchev–Trinajstić information content (AvgIpc) is 2.72. The number of nitrogens with two attached hydrogens (primary N) is 1. The predicted molar refractivity (Wildman–Crippen MR) is 89.6 cm³/mol. The van der Waals surface area contributed by atoms with Crippen molar-refractivity contribution in [1.29, 1.82) is 0 Å². The molecule has 1 heterocycles. The van der Waals surface area contributed by atoms with E-state index in [2.05, 4.69) is 47.1 Å². The van der Waals surface area contributed by atoms with Crippen LogP contribution in [-0.4, -0.2) is 22.6 Å². The molecular formula is C17H20N4O2. The number of nitrogens with one attached hydrogen (secondary N) is 1. The summed E-state index contributed by atoms with van der Waals surface area (Å²) in [5.41, 5.74) is 13.3. The lowest BCUT2D eigenvalue weighted by atomic mass is 10.1. The first kappa shape index (κ1) is 16.5. The number of carbonyl (C=O) groups excluding carboxylic acids is 2. The van der Waals surface area contributed by atoms with Crippen LogP contribution in [0.25, 0.3) is 5.69 Å². The van der Waals surface area contributed by atoms with E-state index in [0.717, 1.165) is 22.6 Å². The van der Waals surface area contributed by atoms with Gasteiger partial charge in [0.2, 0.25) is 0 Å². The number of amides is 2. The average molecular weight is 312 g/mol. The molecule has 0 atom stereocenters. The molecule has 2 amide bonds. The van der Waals surface area contributed by atoms with Gasteiger partial charge in [-0.05, 0) is 57.0 Å². The molecule has 23 heavy (non-hydrogen) atoms. The smallest absolute Gasteiger partial charge is 0.329 e. The molecule has 6 heteroatoms. The van der Waals surface area contributed by atoms with Gasteiger partial charge in [0.1, 0.15) is 0 Å². The van der Waals surface area contributed by atoms with Crippen molar-refractivity contribution < 1.29 is 9.59 Å². The van der Waals surface area contributed by atoms with Gasteiger partial charge in [-0.15, -0.1) is 0 Å². The van der Waals surface area contributed by atoms with E-state index in [1.165, 1.54) is 17.3 Å². The summed E-state index contributed by atoms with van der Waals surface area (Å²) >= 11 is 0. The van der Waals surface area contributed by atoms with Crippen molar-refractivity contribution in [2.75, 3.05) is 0 Å². The maximum absolute atomic E-state index is 11.1. The van der Waals surface area contributed by atoms with E-state index in [9.17, 15) is 9.59 Å². The number of rotatable bonds is 3. The van der Waals surface area contributed by atoms with Crippen molar-refractivity contribution in [2.24, 2.45) is 10.8 Å². The topological polar surface area (TPSA) is 89.5 Å². The molecule has 0 radical (unpaired) electrons. The Kier molecular flexibility index (Phi) is 4.64. The Morgan fingerprint density at radius 2 is 1.70 bits per heavy atom. The molecular weight excluding hydrogens is 292 g/mol. The predicted octanol–water partition coefficient (Wildman–Crippen LogP) is 1.65. The van der Waals surface area contributed by atoms with E-state index < -0.39 is 11.8 Å². The van der Waals surface area contributed by atoms with Crippen LogP contribution in [-0.2, 0) is 9.59 Å². The minimum absolute atomic E-state index is 0.853. The summed E-state index contributed by atoms with van der Waals surface area (Å²) in [4.78, 5) is 21.7. The van der Waals surface area contributed by atoms with Gasteiger partial charge >= 0.3 is 11.8 Å². The van der Waals surface area contributed by atoms with Crippen LogP contribution in [0.3, 0.4) is 0 Å². The molecule has 0 spiro atoms. The normalized spacial score (nSPS) is 11.0. The summed E-state index contributed by atoms with van der Waals surface area (Å²) in [5.74, 6) is -2.01. The van der Waals surface area contributed by atoms with Crippen LogP contribution >= 0.6 is 0 Å². The van der Waals surface area contributed by atoms with Gasteiger partial charge in [0.15, 0.2) is 0 Å². The molecule has 0 unspecified atom stereocenters. The van der Waals surface area contributed by atoms with Gasteiger partial charge in [0.25, 0.3) is 0 Å². The highest BCUT2D eigenvalue weighted by molar-refractivity contribution is 6.34. The van der Waals surface area contributed by atoms with E-state index >= 15 is 0 Å². The lowest BCUT2D eigenvalue weighted by molar-refractivity contribution is -0.137. The summed E-state index contributed by atoms with van der Waals surface area (Å²) in [6.07, 6.45) is 1.50. The van der Waals surface area contributed by atoms with E-state index in [0.29, 0.717) is 0 Å². The maximum atomic E-state index is 11.1. The number of nitrogens with zero attached hydrogens (tertiary/aromatic N) is 2. The van der Waals surface area contributed by atoms with Gasteiger partial charge in [0.05, 0.1) is 6.21 Å². The van der Waals surface area contributed by atoms with Crippen LogP contribution in [0.2, 0.25) is 0 Å². The number of aryl methyl sites for hydroxylation is 3. The van der Waals surface area contributed by atoms with E-state index in [-0.39, 0.29) is 0 Å². The van der Waals surface area contributed by atoms with Gasteiger partial charge in [-0.1, -0.05) is 6.07 Å². The van der Waals surface area contributed by atoms with Crippen LogP contribution in [0.1, 0.15) is 28.1 Å². The zero-order valence-electron chi connectivity index (χ0n) is 13.7. The molecule has 0 aliphatic carbocycles. The number of hydrazone groups is 1. The Labute approximate surface area is 135 Å². The van der Waals surface area contributed by atoms with Crippen LogP contribution in [0.4, 0.5) is 0 Å². The molecule has 2 rings (SSSR count). The highest BCUT2D eigenvalue weighted by Crippen LogP contribution is 2.21. The molecule has 0 fully saturated rings. The zero-order chi connectivity index (χ0) is 17.1. The van der Waals surface area contributed by atoms with Crippen molar-refractivity contribution in [3.63, 3.8) is 0 Å². The van der Waals surface area contributed by atoms with Gasteiger partial charge in [0, 0.05) is 22.6 Å². The third-order valence-corrected chi connectivity index (χ3v) is 3.53. The minimum atomic E-state index is -1.07. The SMILES string of the molecule is Cc1cc(C)cc(-n2c(C)cc(/C=N\NC(=O)C(N)=O)c2C)c1. The highest BCUT2D eigenvalue weighted by Gasteiger charge is 2.11. The maximum Gasteiger partial charge on any atom is 0.329 e. The Hall–Kier alpha value is -2.89. The summed E-state index contributed by atoms with van der Waals surface area (Å²) in [5, 5.41) is 3.77. The molecule has 1 aromatic carbocycles. The second-order valence-corrected chi connectivity index (χ2v) is 5.57. The number of hydrogen-bond donors (Lipinski definition) is 2. The quantitative estimate of drug-likeness (QED) is 0.512. The first-order valence-electron chi connectivity index (χ1n) is 7.20. The first-order valence-corrected chi connectivity index (χ1v) is 7.20. The fourth-order valence-electron chi connectivity index (χ4n) is 2.61. The molecule has 1 aromatic heterocycles. The Balaban J connectivity index is 2.34. The molecule has 0 aliphatic rings. The van der Waals surface area contributed by atoms with Crippen LogP contribution in [0.5, 0.6) is 0 Å². The summed E-state index contributed by atoms with van der Waals surface area (Å²) in [7, 11) is 0.